The van der Waals surface area contributed by atoms with Crippen molar-refractivity contribution in [1.82, 2.24) is 15.1 Å². The second kappa shape index (κ2) is 9.54. The highest BCUT2D eigenvalue weighted by molar-refractivity contribution is 6.05. The average Bonchev–Trinajstić information content (AvgIpc) is 3.18. The third-order valence-electron chi connectivity index (χ3n) is 4.28. The van der Waals surface area contributed by atoms with Gasteiger partial charge in [0.05, 0.1) is 23.1 Å². The molecule has 0 aliphatic carbocycles. The Hall–Kier alpha value is -3.61. The van der Waals surface area contributed by atoms with Crippen LogP contribution in [0.15, 0.2) is 60.8 Å². The molecule has 2 N–H and O–H groups in total. The number of nitrogens with zero attached hydrogens (tertiary/aromatic N) is 2. The van der Waals surface area contributed by atoms with Crippen LogP contribution in [0.5, 0.6) is 5.75 Å². The first-order valence-corrected chi connectivity index (χ1v) is 9.55. The Morgan fingerprint density at radius 3 is 2.59 bits per heavy atom. The highest BCUT2D eigenvalue weighted by Gasteiger charge is 2.17. The normalized spacial score (nSPS) is 10.4. The van der Waals surface area contributed by atoms with Crippen molar-refractivity contribution in [2.45, 2.75) is 20.3 Å². The van der Waals surface area contributed by atoms with Gasteiger partial charge >= 0.3 is 0 Å². The fraction of sp³-hybridized carbons (Fsp3) is 0.227. The summed E-state index contributed by atoms with van der Waals surface area (Å²) in [5, 5.41) is 9.94. The summed E-state index contributed by atoms with van der Waals surface area (Å²) < 4.78 is 7.25. The van der Waals surface area contributed by atoms with E-state index in [2.05, 4.69) is 15.7 Å². The quantitative estimate of drug-likeness (QED) is 0.616. The molecule has 0 spiro atoms. The number of ether oxygens (including phenoxy) is 1. The van der Waals surface area contributed by atoms with Gasteiger partial charge in [0.2, 0.25) is 0 Å². The molecule has 0 aliphatic rings. The SMILES string of the molecule is CCNC(=O)COc1cccc(NC(=O)c2cnn(-c3ccccc3)c2CC)c1. The van der Waals surface area contributed by atoms with E-state index in [1.165, 1.54) is 0 Å². The Balaban J connectivity index is 1.73. The number of anilines is 1. The smallest absolute Gasteiger partial charge is 0.259 e. The highest BCUT2D eigenvalue weighted by Crippen LogP contribution is 2.20. The lowest BCUT2D eigenvalue weighted by Gasteiger charge is -2.10. The monoisotopic (exact) mass is 392 g/mol. The fourth-order valence-electron chi connectivity index (χ4n) is 2.95. The summed E-state index contributed by atoms with van der Waals surface area (Å²) in [4.78, 5) is 24.4. The minimum absolute atomic E-state index is 0.0743. The van der Waals surface area contributed by atoms with Gasteiger partial charge in [0.1, 0.15) is 5.75 Å². The number of benzene rings is 2. The molecule has 0 aliphatic heterocycles. The van der Waals surface area contributed by atoms with Crippen LogP contribution in [0.4, 0.5) is 5.69 Å². The van der Waals surface area contributed by atoms with Gasteiger partial charge in [-0.3, -0.25) is 9.59 Å². The van der Waals surface area contributed by atoms with Gasteiger partial charge in [0.15, 0.2) is 6.61 Å². The molecule has 0 bridgehead atoms. The summed E-state index contributed by atoms with van der Waals surface area (Å²) in [7, 11) is 0. The van der Waals surface area contributed by atoms with Gasteiger partial charge in [-0.2, -0.15) is 5.10 Å². The lowest BCUT2D eigenvalue weighted by molar-refractivity contribution is -0.122. The van der Waals surface area contributed by atoms with Crippen LogP contribution in [-0.2, 0) is 11.2 Å². The Labute approximate surface area is 169 Å². The van der Waals surface area contributed by atoms with Crippen molar-refractivity contribution in [2.75, 3.05) is 18.5 Å². The fourth-order valence-corrected chi connectivity index (χ4v) is 2.95. The first-order chi connectivity index (χ1) is 14.1. The van der Waals surface area contributed by atoms with Gasteiger partial charge in [-0.15, -0.1) is 0 Å². The number of aromatic nitrogens is 2. The van der Waals surface area contributed by atoms with Crippen molar-refractivity contribution in [2.24, 2.45) is 0 Å². The van der Waals surface area contributed by atoms with Crippen LogP contribution in [-0.4, -0.2) is 34.7 Å². The van der Waals surface area contributed by atoms with Crippen LogP contribution in [0, 0.1) is 0 Å². The third kappa shape index (κ3) is 5.01. The largest absolute Gasteiger partial charge is 0.484 e. The van der Waals surface area contributed by atoms with Gasteiger partial charge in [-0.25, -0.2) is 4.68 Å². The molecule has 7 nitrogen and oxygen atoms in total. The minimum Gasteiger partial charge on any atom is -0.484 e. The predicted octanol–water partition coefficient (Wildman–Crippen LogP) is 3.20. The maximum Gasteiger partial charge on any atom is 0.259 e. The lowest BCUT2D eigenvalue weighted by Crippen LogP contribution is -2.28. The zero-order valence-corrected chi connectivity index (χ0v) is 16.5. The van der Waals surface area contributed by atoms with Crippen LogP contribution >= 0.6 is 0 Å². The number of likely N-dealkylation sites (N-methyl/N-ethyl adjacent to an activating group) is 1. The summed E-state index contributed by atoms with van der Waals surface area (Å²) in [6, 6.07) is 16.6. The van der Waals surface area contributed by atoms with Crippen LogP contribution in [0.1, 0.15) is 29.9 Å². The van der Waals surface area contributed by atoms with Crippen molar-refractivity contribution in [3.05, 3.63) is 72.1 Å². The molecular weight excluding hydrogens is 368 g/mol. The zero-order valence-electron chi connectivity index (χ0n) is 16.5. The maximum absolute atomic E-state index is 12.8. The number of nitrogens with one attached hydrogen (secondary N) is 2. The number of para-hydroxylation sites is 1. The number of carbonyl (C=O) groups is 2. The van der Waals surface area contributed by atoms with Crippen molar-refractivity contribution in [3.8, 4) is 11.4 Å². The number of hydrogen-bond acceptors (Lipinski definition) is 4. The Morgan fingerprint density at radius 2 is 1.86 bits per heavy atom. The molecule has 0 unspecified atom stereocenters. The molecule has 0 saturated heterocycles. The van der Waals surface area contributed by atoms with E-state index in [1.807, 2.05) is 44.2 Å². The Bertz CT molecular complexity index is 983. The number of amides is 2. The van der Waals surface area contributed by atoms with Gasteiger partial charge in [0, 0.05) is 18.3 Å². The van der Waals surface area contributed by atoms with Gasteiger partial charge < -0.3 is 15.4 Å². The van der Waals surface area contributed by atoms with Gasteiger partial charge in [-0.05, 0) is 37.6 Å². The molecule has 3 aromatic rings. The summed E-state index contributed by atoms with van der Waals surface area (Å²) in [5.74, 6) is 0.0671. The number of rotatable bonds is 8. The molecule has 7 heteroatoms. The van der Waals surface area contributed by atoms with Gasteiger partial charge in [-0.1, -0.05) is 31.2 Å². The predicted molar refractivity (Wildman–Crippen MR) is 112 cm³/mol. The van der Waals surface area contributed by atoms with Crippen molar-refractivity contribution < 1.29 is 14.3 Å². The molecule has 3 rings (SSSR count). The lowest BCUT2D eigenvalue weighted by atomic mass is 10.1. The van der Waals surface area contributed by atoms with Crippen molar-refractivity contribution >= 4 is 17.5 Å². The second-order valence-corrected chi connectivity index (χ2v) is 6.33. The van der Waals surface area contributed by atoms with E-state index >= 15 is 0 Å². The van der Waals surface area contributed by atoms with E-state index in [0.717, 1.165) is 11.4 Å². The van der Waals surface area contributed by atoms with E-state index in [1.54, 1.807) is 35.1 Å². The molecule has 150 valence electrons. The van der Waals surface area contributed by atoms with E-state index < -0.39 is 0 Å². The van der Waals surface area contributed by atoms with Gasteiger partial charge in [0.25, 0.3) is 11.8 Å². The Kier molecular flexibility index (Phi) is 6.63. The highest BCUT2D eigenvalue weighted by atomic mass is 16.5. The minimum atomic E-state index is -0.245. The maximum atomic E-state index is 12.8. The van der Waals surface area contributed by atoms with Crippen LogP contribution in [0.3, 0.4) is 0 Å². The summed E-state index contributed by atoms with van der Waals surface area (Å²) in [6.45, 7) is 4.31. The first kappa shape index (κ1) is 20.1. The standard InChI is InChI=1S/C22H24N4O3/c1-3-20-19(14-24-26(20)17-10-6-5-7-11-17)22(28)25-16-9-8-12-18(13-16)29-15-21(27)23-4-2/h5-14H,3-4,15H2,1-2H3,(H,23,27)(H,25,28). The van der Waals surface area contributed by atoms with E-state index in [0.29, 0.717) is 30.0 Å². The molecule has 1 aromatic heterocycles. The molecule has 0 fully saturated rings. The first-order valence-electron chi connectivity index (χ1n) is 9.55. The number of carbonyl (C=O) groups excluding carboxylic acids is 2. The number of hydrogen-bond donors (Lipinski definition) is 2. The molecular formula is C22H24N4O3. The van der Waals surface area contributed by atoms with Crippen LogP contribution in [0.2, 0.25) is 0 Å². The molecule has 29 heavy (non-hydrogen) atoms. The molecule has 2 amide bonds. The summed E-state index contributed by atoms with van der Waals surface area (Å²) in [5.41, 5.74) is 2.84. The molecule has 0 atom stereocenters. The van der Waals surface area contributed by atoms with Crippen molar-refractivity contribution in [3.63, 3.8) is 0 Å². The topological polar surface area (TPSA) is 85.2 Å². The summed E-state index contributed by atoms with van der Waals surface area (Å²) in [6.07, 6.45) is 2.24. The van der Waals surface area contributed by atoms with E-state index in [-0.39, 0.29) is 18.4 Å². The van der Waals surface area contributed by atoms with E-state index in [9.17, 15) is 9.59 Å². The second-order valence-electron chi connectivity index (χ2n) is 6.33. The molecule has 2 aromatic carbocycles. The van der Waals surface area contributed by atoms with Crippen molar-refractivity contribution in [1.29, 1.82) is 0 Å². The zero-order chi connectivity index (χ0) is 20.6. The molecule has 0 radical (unpaired) electrons. The third-order valence-corrected chi connectivity index (χ3v) is 4.28. The molecule has 1 heterocycles. The summed E-state index contributed by atoms with van der Waals surface area (Å²) >= 11 is 0. The van der Waals surface area contributed by atoms with Crippen LogP contribution in [0.25, 0.3) is 5.69 Å². The Morgan fingerprint density at radius 1 is 1.07 bits per heavy atom. The van der Waals surface area contributed by atoms with Crippen LogP contribution < -0.4 is 15.4 Å². The average molecular weight is 392 g/mol. The molecule has 0 saturated carbocycles. The van der Waals surface area contributed by atoms with E-state index in [4.69, 9.17) is 4.74 Å².